The number of hydrogen-bond acceptors (Lipinski definition) is 5. The number of nitrogens with one attached hydrogen (secondary N) is 1. The zero-order valence-corrected chi connectivity index (χ0v) is 15.0. The van der Waals surface area contributed by atoms with E-state index in [0.717, 1.165) is 0 Å². The number of rotatable bonds is 5. The van der Waals surface area contributed by atoms with Crippen LogP contribution in [0.2, 0.25) is 0 Å². The smallest absolute Gasteiger partial charge is 0.317 e. The van der Waals surface area contributed by atoms with E-state index < -0.39 is 17.7 Å². The third-order valence-corrected chi connectivity index (χ3v) is 4.72. The molecule has 0 spiro atoms. The molecule has 1 saturated heterocycles. The molecule has 2 aliphatic heterocycles. The minimum absolute atomic E-state index is 0.0123. The van der Waals surface area contributed by atoms with Gasteiger partial charge in [-0.2, -0.15) is 0 Å². The van der Waals surface area contributed by atoms with E-state index in [1.54, 1.807) is 16.8 Å². The highest BCUT2D eigenvalue weighted by Crippen LogP contribution is 2.34. The lowest BCUT2D eigenvalue weighted by Gasteiger charge is -2.37. The SMILES string of the molecule is CN(CC(=O)O)CC1CN(C(=O)C2CC(=O)Nc3cc(F)ccc32)CCO1. The molecule has 0 bridgehead atoms. The molecule has 8 nitrogen and oxygen atoms in total. The zero-order valence-electron chi connectivity index (χ0n) is 15.0. The first-order chi connectivity index (χ1) is 12.8. The van der Waals surface area contributed by atoms with Gasteiger partial charge in [-0.3, -0.25) is 19.3 Å². The van der Waals surface area contributed by atoms with Gasteiger partial charge in [0.05, 0.1) is 25.2 Å². The van der Waals surface area contributed by atoms with E-state index in [1.165, 1.54) is 18.2 Å². The Labute approximate surface area is 155 Å². The van der Waals surface area contributed by atoms with Gasteiger partial charge < -0.3 is 20.1 Å². The number of carbonyl (C=O) groups excluding carboxylic acids is 2. The zero-order chi connectivity index (χ0) is 19.6. The van der Waals surface area contributed by atoms with Crippen LogP contribution in [0.4, 0.5) is 10.1 Å². The van der Waals surface area contributed by atoms with E-state index in [1.807, 2.05) is 0 Å². The molecular formula is C18H22FN3O5. The number of hydrogen-bond donors (Lipinski definition) is 2. The van der Waals surface area contributed by atoms with Crippen molar-refractivity contribution < 1.29 is 28.6 Å². The summed E-state index contributed by atoms with van der Waals surface area (Å²) >= 11 is 0. The van der Waals surface area contributed by atoms with Crippen molar-refractivity contribution in [2.45, 2.75) is 18.4 Å². The Morgan fingerprint density at radius 3 is 2.96 bits per heavy atom. The molecule has 2 unspecified atom stereocenters. The van der Waals surface area contributed by atoms with Crippen LogP contribution >= 0.6 is 0 Å². The predicted octanol–water partition coefficient (Wildman–Crippen LogP) is 0.495. The molecular weight excluding hydrogens is 357 g/mol. The molecule has 2 aliphatic rings. The number of fused-ring (bicyclic) bond motifs is 1. The van der Waals surface area contributed by atoms with Crippen molar-refractivity contribution in [1.29, 1.82) is 0 Å². The highest BCUT2D eigenvalue weighted by atomic mass is 19.1. The van der Waals surface area contributed by atoms with Crippen LogP contribution in [0.15, 0.2) is 18.2 Å². The Morgan fingerprint density at radius 2 is 2.22 bits per heavy atom. The average molecular weight is 379 g/mol. The first-order valence-corrected chi connectivity index (χ1v) is 8.73. The second-order valence-corrected chi connectivity index (χ2v) is 6.90. The number of benzene rings is 1. The lowest BCUT2D eigenvalue weighted by Crippen LogP contribution is -2.51. The van der Waals surface area contributed by atoms with Crippen molar-refractivity contribution in [2.75, 3.05) is 45.2 Å². The van der Waals surface area contributed by atoms with Gasteiger partial charge in [0.15, 0.2) is 0 Å². The summed E-state index contributed by atoms with van der Waals surface area (Å²) in [6.07, 6.45) is -0.296. The summed E-state index contributed by atoms with van der Waals surface area (Å²) in [6.45, 7) is 1.31. The van der Waals surface area contributed by atoms with Crippen LogP contribution in [0.3, 0.4) is 0 Å². The molecule has 146 valence electrons. The van der Waals surface area contributed by atoms with Crippen molar-refractivity contribution in [2.24, 2.45) is 0 Å². The minimum atomic E-state index is -0.932. The fourth-order valence-corrected chi connectivity index (χ4v) is 3.55. The third-order valence-electron chi connectivity index (χ3n) is 4.72. The highest BCUT2D eigenvalue weighted by molar-refractivity contribution is 6.01. The molecule has 1 aromatic carbocycles. The van der Waals surface area contributed by atoms with Crippen molar-refractivity contribution >= 4 is 23.5 Å². The van der Waals surface area contributed by atoms with Gasteiger partial charge >= 0.3 is 5.97 Å². The molecule has 1 fully saturated rings. The maximum absolute atomic E-state index is 13.5. The minimum Gasteiger partial charge on any atom is -0.480 e. The Hall–Kier alpha value is -2.52. The summed E-state index contributed by atoms with van der Waals surface area (Å²) in [4.78, 5) is 39.0. The Balaban J connectivity index is 1.70. The molecule has 0 radical (unpaired) electrons. The molecule has 0 aliphatic carbocycles. The normalized spacial score (nSPS) is 22.3. The molecule has 2 N–H and O–H groups in total. The lowest BCUT2D eigenvalue weighted by atomic mass is 9.89. The van der Waals surface area contributed by atoms with Gasteiger partial charge in [-0.25, -0.2) is 4.39 Å². The Kier molecular flexibility index (Phi) is 5.71. The number of amides is 2. The first kappa shape index (κ1) is 19.2. The largest absolute Gasteiger partial charge is 0.480 e. The highest BCUT2D eigenvalue weighted by Gasteiger charge is 2.35. The molecule has 2 heterocycles. The van der Waals surface area contributed by atoms with Crippen LogP contribution in [0.25, 0.3) is 0 Å². The van der Waals surface area contributed by atoms with Crippen molar-refractivity contribution in [3.05, 3.63) is 29.6 Å². The van der Waals surface area contributed by atoms with Crippen molar-refractivity contribution in [3.8, 4) is 0 Å². The molecule has 27 heavy (non-hydrogen) atoms. The number of morpholine rings is 1. The van der Waals surface area contributed by atoms with Crippen LogP contribution in [-0.2, 0) is 19.1 Å². The van der Waals surface area contributed by atoms with Crippen LogP contribution in [0.1, 0.15) is 17.9 Å². The molecule has 0 saturated carbocycles. The summed E-state index contributed by atoms with van der Waals surface area (Å²) in [5, 5.41) is 11.5. The molecule has 2 amide bonds. The second-order valence-electron chi connectivity index (χ2n) is 6.90. The van der Waals surface area contributed by atoms with Gasteiger partial charge in [0, 0.05) is 31.7 Å². The van der Waals surface area contributed by atoms with E-state index in [0.29, 0.717) is 37.5 Å². The number of anilines is 1. The fraction of sp³-hybridized carbons (Fsp3) is 0.500. The maximum Gasteiger partial charge on any atom is 0.317 e. The first-order valence-electron chi connectivity index (χ1n) is 8.73. The van der Waals surface area contributed by atoms with Gasteiger partial charge in [0.25, 0.3) is 0 Å². The molecule has 0 aromatic heterocycles. The Bertz CT molecular complexity index is 757. The summed E-state index contributed by atoms with van der Waals surface area (Å²) in [7, 11) is 1.68. The summed E-state index contributed by atoms with van der Waals surface area (Å²) in [5.41, 5.74) is 0.933. The molecule has 1 aromatic rings. The Morgan fingerprint density at radius 1 is 1.44 bits per heavy atom. The lowest BCUT2D eigenvalue weighted by molar-refractivity contribution is -0.144. The van der Waals surface area contributed by atoms with Crippen LogP contribution in [-0.4, -0.2) is 78.6 Å². The van der Waals surface area contributed by atoms with Gasteiger partial charge in [-0.05, 0) is 24.7 Å². The second kappa shape index (κ2) is 8.01. The number of carboxylic acids is 1. The standard InChI is InChI=1S/C18H22FN3O5/c1-21(10-17(24)25)8-12-9-22(4-5-27-12)18(26)14-7-16(23)20-15-6-11(19)2-3-13(14)15/h2-3,6,12,14H,4-5,7-10H2,1H3,(H,20,23)(H,24,25). The summed E-state index contributed by atoms with van der Waals surface area (Å²) in [6, 6.07) is 4.03. The monoisotopic (exact) mass is 379 g/mol. The average Bonchev–Trinajstić information content (AvgIpc) is 2.59. The van der Waals surface area contributed by atoms with Gasteiger partial charge in [0.1, 0.15) is 5.82 Å². The van der Waals surface area contributed by atoms with E-state index in [2.05, 4.69) is 5.32 Å². The van der Waals surface area contributed by atoms with Crippen molar-refractivity contribution in [3.63, 3.8) is 0 Å². The third kappa shape index (κ3) is 4.61. The van der Waals surface area contributed by atoms with E-state index in [-0.39, 0.29) is 30.9 Å². The summed E-state index contributed by atoms with van der Waals surface area (Å²) in [5.74, 6) is -2.59. The number of aliphatic carboxylic acids is 1. The number of carboxylic acid groups (broad SMARTS) is 1. The van der Waals surface area contributed by atoms with E-state index >= 15 is 0 Å². The fourth-order valence-electron chi connectivity index (χ4n) is 3.55. The predicted molar refractivity (Wildman–Crippen MR) is 93.8 cm³/mol. The number of halogens is 1. The topological polar surface area (TPSA) is 99.2 Å². The maximum atomic E-state index is 13.5. The number of likely N-dealkylation sites (N-methyl/N-ethyl adjacent to an activating group) is 1. The van der Waals surface area contributed by atoms with Gasteiger partial charge in [0.2, 0.25) is 11.8 Å². The van der Waals surface area contributed by atoms with Crippen LogP contribution in [0, 0.1) is 5.82 Å². The van der Waals surface area contributed by atoms with Crippen LogP contribution < -0.4 is 5.32 Å². The van der Waals surface area contributed by atoms with E-state index in [9.17, 15) is 18.8 Å². The van der Waals surface area contributed by atoms with Gasteiger partial charge in [-0.1, -0.05) is 6.07 Å². The number of carbonyl (C=O) groups is 3. The quantitative estimate of drug-likeness (QED) is 0.773. The number of ether oxygens (including phenoxy) is 1. The molecule has 3 rings (SSSR count). The molecule has 9 heteroatoms. The van der Waals surface area contributed by atoms with Crippen LogP contribution in [0.5, 0.6) is 0 Å². The molecule has 2 atom stereocenters. The number of nitrogens with zero attached hydrogens (tertiary/aromatic N) is 2. The van der Waals surface area contributed by atoms with E-state index in [4.69, 9.17) is 9.84 Å². The van der Waals surface area contributed by atoms with Crippen molar-refractivity contribution in [1.82, 2.24) is 9.80 Å². The van der Waals surface area contributed by atoms with Gasteiger partial charge in [-0.15, -0.1) is 0 Å². The summed E-state index contributed by atoms with van der Waals surface area (Å²) < 4.78 is 19.1.